The summed E-state index contributed by atoms with van der Waals surface area (Å²) in [5, 5.41) is 0.238. The van der Waals surface area contributed by atoms with Crippen LogP contribution in [0.15, 0.2) is 23.5 Å². The average molecular weight is 251 g/mol. The molecule has 0 bridgehead atoms. The Kier molecular flexibility index (Phi) is 2.93. The minimum absolute atomic E-state index is 0.0315. The molecule has 1 aliphatic heterocycles. The Bertz CT molecular complexity index is 500. The first kappa shape index (κ1) is 10.9. The number of rotatable bonds is 1. The van der Waals surface area contributed by atoms with E-state index in [-0.39, 0.29) is 16.6 Å². The number of halogens is 1. The molecular weight excluding hydrogens is 234 g/mol. The molecule has 0 radical (unpaired) electrons. The number of nitrogens with zero attached hydrogens (tertiary/aromatic N) is 3. The second-order valence-corrected chi connectivity index (χ2v) is 5.51. The van der Waals surface area contributed by atoms with Crippen molar-refractivity contribution in [3.63, 3.8) is 0 Å². The van der Waals surface area contributed by atoms with Gasteiger partial charge < -0.3 is 0 Å². The van der Waals surface area contributed by atoms with Gasteiger partial charge in [-0.05, 0) is 22.6 Å². The molecule has 0 fully saturated rings. The van der Waals surface area contributed by atoms with E-state index in [1.807, 2.05) is 6.08 Å². The van der Waals surface area contributed by atoms with E-state index in [2.05, 4.69) is 35.7 Å². The Morgan fingerprint density at radius 1 is 1.35 bits per heavy atom. The molecule has 1 atom stereocenters. The highest BCUT2D eigenvalue weighted by Gasteiger charge is 2.28. The summed E-state index contributed by atoms with van der Waals surface area (Å²) in [7, 11) is 0. The number of allylic oxidation sites excluding steroid dienone is 1. The molecule has 1 aromatic rings. The van der Waals surface area contributed by atoms with Crippen molar-refractivity contribution < 1.29 is 1.37 Å². The van der Waals surface area contributed by atoms with E-state index >= 15 is 0 Å². The van der Waals surface area contributed by atoms with Gasteiger partial charge in [0.15, 0.2) is 0 Å². The Morgan fingerprint density at radius 3 is 2.59 bits per heavy atom. The van der Waals surface area contributed by atoms with Crippen LogP contribution in [0.2, 0.25) is 5.28 Å². The summed E-state index contributed by atoms with van der Waals surface area (Å²) in [6.45, 7) is 6.87. The van der Waals surface area contributed by atoms with Crippen LogP contribution in [0.3, 0.4) is 0 Å². The minimum atomic E-state index is -0.0630. The molecule has 90 valence electrons. The lowest BCUT2D eigenvalue weighted by Gasteiger charge is -2.31. The largest absolute Gasteiger partial charge is 0.293 e. The van der Waals surface area contributed by atoms with Crippen LogP contribution in [0, 0.1) is 11.3 Å². The van der Waals surface area contributed by atoms with Crippen molar-refractivity contribution in [1.82, 2.24) is 9.97 Å². The number of aromatic nitrogens is 2. The van der Waals surface area contributed by atoms with Crippen molar-refractivity contribution in [3.8, 4) is 0 Å². The first-order chi connectivity index (χ1) is 8.39. The zero-order valence-corrected chi connectivity index (χ0v) is 11.0. The maximum absolute atomic E-state index is 8.05. The minimum Gasteiger partial charge on any atom is -0.293 e. The lowest BCUT2D eigenvalue weighted by atomic mass is 9.74. The van der Waals surface area contributed by atoms with Crippen molar-refractivity contribution in [2.45, 2.75) is 20.8 Å². The van der Waals surface area contributed by atoms with Crippen LogP contribution in [-0.2, 0) is 0 Å². The second-order valence-electron chi connectivity index (χ2n) is 5.17. The summed E-state index contributed by atoms with van der Waals surface area (Å²) in [5.41, 5.74) is 1.92. The highest BCUT2D eigenvalue weighted by atomic mass is 35.5. The topological polar surface area (TPSA) is 38.1 Å². The molecule has 0 saturated carbocycles. The molecule has 0 spiro atoms. The highest BCUT2D eigenvalue weighted by molar-refractivity contribution is 6.28. The third kappa shape index (κ3) is 2.72. The molecule has 3 nitrogen and oxygen atoms in total. The third-order valence-corrected chi connectivity index (χ3v) is 2.95. The first-order valence-electron chi connectivity index (χ1n) is 6.08. The molecule has 0 N–H and O–H groups in total. The normalized spacial score (nSPS) is 21.6. The monoisotopic (exact) mass is 250 g/mol. The summed E-state index contributed by atoms with van der Waals surface area (Å²) in [4.78, 5) is 12.2. The molecule has 1 aliphatic rings. The van der Waals surface area contributed by atoms with Gasteiger partial charge in [0.2, 0.25) is 5.28 Å². The summed E-state index contributed by atoms with van der Waals surface area (Å²) >= 11 is 5.70. The molecule has 2 rings (SSSR count). The van der Waals surface area contributed by atoms with Gasteiger partial charge in [0.25, 0.3) is 0 Å². The van der Waals surface area contributed by atoms with E-state index in [0.717, 1.165) is 11.1 Å². The van der Waals surface area contributed by atoms with Crippen LogP contribution >= 0.6 is 11.6 Å². The van der Waals surface area contributed by atoms with Gasteiger partial charge in [-0.2, -0.15) is 0 Å². The van der Waals surface area contributed by atoms with Crippen molar-refractivity contribution in [3.05, 3.63) is 29.3 Å². The maximum Gasteiger partial charge on any atom is 0.222 e. The van der Waals surface area contributed by atoms with E-state index in [4.69, 9.17) is 13.0 Å². The van der Waals surface area contributed by atoms with Crippen LogP contribution in [0.1, 0.15) is 27.7 Å². The molecule has 0 amide bonds. The van der Waals surface area contributed by atoms with Gasteiger partial charge in [0, 0.05) is 30.1 Å². The molecule has 0 aliphatic carbocycles. The molecule has 4 heteroatoms. The summed E-state index contributed by atoms with van der Waals surface area (Å²) < 4.78 is 8.05. The highest BCUT2D eigenvalue weighted by Crippen LogP contribution is 2.37. The summed E-state index contributed by atoms with van der Waals surface area (Å²) in [6, 6.07) is 0. The molecule has 0 saturated heterocycles. The predicted molar refractivity (Wildman–Crippen MR) is 71.3 cm³/mol. The van der Waals surface area contributed by atoms with Crippen molar-refractivity contribution in [2.24, 2.45) is 16.3 Å². The SMILES string of the molecule is [2H]C1=NCC=C(c2cnc(Cl)nc2)C1C(C)(C)C. The van der Waals surface area contributed by atoms with Gasteiger partial charge in [-0.1, -0.05) is 26.8 Å². The Labute approximate surface area is 108 Å². The fraction of sp³-hybridized carbons (Fsp3) is 0.462. The van der Waals surface area contributed by atoms with E-state index in [0.29, 0.717) is 12.7 Å². The quantitative estimate of drug-likeness (QED) is 0.718. The molecule has 0 aromatic carbocycles. The van der Waals surface area contributed by atoms with E-state index < -0.39 is 0 Å². The lowest BCUT2D eigenvalue weighted by Crippen LogP contribution is -2.25. The van der Waals surface area contributed by atoms with Crippen LogP contribution in [-0.4, -0.2) is 22.7 Å². The zero-order chi connectivity index (χ0) is 13.3. The first-order valence-corrected chi connectivity index (χ1v) is 5.96. The Hall–Kier alpha value is -1.22. The van der Waals surface area contributed by atoms with Gasteiger partial charge in [0.05, 0.1) is 7.92 Å². The molecule has 1 unspecified atom stereocenters. The second kappa shape index (κ2) is 4.57. The van der Waals surface area contributed by atoms with Crippen molar-refractivity contribution >= 4 is 23.4 Å². The fourth-order valence-corrected chi connectivity index (χ4v) is 1.98. The van der Waals surface area contributed by atoms with Crippen molar-refractivity contribution in [1.29, 1.82) is 0 Å². The van der Waals surface area contributed by atoms with Gasteiger partial charge in [-0.3, -0.25) is 4.99 Å². The van der Waals surface area contributed by atoms with Gasteiger partial charge >= 0.3 is 0 Å². The summed E-state index contributed by atoms with van der Waals surface area (Å²) in [6.07, 6.45) is 5.88. The zero-order valence-electron chi connectivity index (χ0n) is 11.2. The Morgan fingerprint density at radius 2 is 2.00 bits per heavy atom. The van der Waals surface area contributed by atoms with Crippen LogP contribution in [0.4, 0.5) is 0 Å². The van der Waals surface area contributed by atoms with Gasteiger partial charge in [-0.15, -0.1) is 0 Å². The number of hydrogen-bond acceptors (Lipinski definition) is 3. The average Bonchev–Trinajstić information content (AvgIpc) is 2.28. The smallest absolute Gasteiger partial charge is 0.222 e. The van der Waals surface area contributed by atoms with E-state index in [9.17, 15) is 0 Å². The number of aliphatic imine (C=N–C) groups is 1. The fourth-order valence-electron chi connectivity index (χ4n) is 1.88. The van der Waals surface area contributed by atoms with Gasteiger partial charge in [0.1, 0.15) is 0 Å². The third-order valence-electron chi connectivity index (χ3n) is 2.75. The van der Waals surface area contributed by atoms with Crippen LogP contribution in [0.25, 0.3) is 5.57 Å². The summed E-state index contributed by atoms with van der Waals surface area (Å²) in [5.74, 6) is -0.0315. The molecule has 1 aromatic heterocycles. The number of dihydropyridines is 1. The van der Waals surface area contributed by atoms with Crippen LogP contribution in [0.5, 0.6) is 0 Å². The maximum atomic E-state index is 8.05. The lowest BCUT2D eigenvalue weighted by molar-refractivity contribution is 0.372. The Balaban J connectivity index is 2.42. The van der Waals surface area contributed by atoms with Gasteiger partial charge in [-0.25, -0.2) is 9.97 Å². The van der Waals surface area contributed by atoms with E-state index in [1.54, 1.807) is 12.4 Å². The van der Waals surface area contributed by atoms with Crippen molar-refractivity contribution in [2.75, 3.05) is 6.54 Å². The molecule has 17 heavy (non-hydrogen) atoms. The number of hydrogen-bond donors (Lipinski definition) is 0. The van der Waals surface area contributed by atoms with Crippen LogP contribution < -0.4 is 0 Å². The standard InChI is InChI=1S/C13H16ClN3/c1-13(2,3)11-8-15-5-4-10(11)9-6-16-12(14)17-7-9/h4,6-8,11H,5H2,1-3H3/i8D. The molecule has 2 heterocycles. The van der Waals surface area contributed by atoms with E-state index in [1.165, 1.54) is 0 Å². The molecular formula is C13H16ClN3. The predicted octanol–water partition coefficient (Wildman–Crippen LogP) is 3.26.